The minimum atomic E-state index is -0.486. The molecule has 0 aliphatic carbocycles. The fraction of sp³-hybridized carbons (Fsp3) is 0.588. The van der Waals surface area contributed by atoms with E-state index in [4.69, 9.17) is 4.74 Å². The SMILES string of the molecule is CN=C(NCCNC(=O)OC(C)(C)C)NCCc1ccncc1C.I. The number of carbonyl (C=O) groups excluding carboxylic acids is 1. The molecule has 0 aromatic carbocycles. The van der Waals surface area contributed by atoms with Gasteiger partial charge in [0.05, 0.1) is 0 Å². The number of aryl methyl sites for hydroxylation is 1. The molecule has 0 saturated heterocycles. The topological polar surface area (TPSA) is 87.6 Å². The maximum Gasteiger partial charge on any atom is 0.407 e. The van der Waals surface area contributed by atoms with E-state index in [0.29, 0.717) is 19.0 Å². The zero-order valence-electron chi connectivity index (χ0n) is 15.7. The largest absolute Gasteiger partial charge is 0.444 e. The van der Waals surface area contributed by atoms with Gasteiger partial charge in [-0.3, -0.25) is 9.98 Å². The number of aliphatic imine (C=N–C) groups is 1. The van der Waals surface area contributed by atoms with Crippen LogP contribution in [0.4, 0.5) is 4.79 Å². The summed E-state index contributed by atoms with van der Waals surface area (Å²) < 4.78 is 5.17. The number of guanidine groups is 1. The molecule has 1 aromatic rings. The van der Waals surface area contributed by atoms with Crippen LogP contribution in [-0.4, -0.2) is 49.3 Å². The van der Waals surface area contributed by atoms with Gasteiger partial charge in [-0.15, -0.1) is 24.0 Å². The molecule has 0 fully saturated rings. The van der Waals surface area contributed by atoms with Gasteiger partial charge in [-0.25, -0.2) is 4.79 Å². The number of pyridine rings is 1. The number of rotatable bonds is 6. The lowest BCUT2D eigenvalue weighted by Gasteiger charge is -2.20. The van der Waals surface area contributed by atoms with Gasteiger partial charge in [0.25, 0.3) is 0 Å². The van der Waals surface area contributed by atoms with Crippen LogP contribution in [0.1, 0.15) is 31.9 Å². The molecule has 0 radical (unpaired) electrons. The van der Waals surface area contributed by atoms with Gasteiger partial charge in [-0.05, 0) is 51.3 Å². The van der Waals surface area contributed by atoms with Crippen LogP contribution < -0.4 is 16.0 Å². The number of nitrogens with zero attached hydrogens (tertiary/aromatic N) is 2. The van der Waals surface area contributed by atoms with E-state index in [1.54, 1.807) is 13.2 Å². The lowest BCUT2D eigenvalue weighted by Crippen LogP contribution is -2.43. The monoisotopic (exact) mass is 463 g/mol. The first kappa shape index (κ1) is 23.4. The molecular formula is C17H30IN5O2. The summed E-state index contributed by atoms with van der Waals surface area (Å²) in [4.78, 5) is 19.8. The minimum absolute atomic E-state index is 0. The van der Waals surface area contributed by atoms with Crippen LogP contribution in [0.3, 0.4) is 0 Å². The van der Waals surface area contributed by atoms with E-state index < -0.39 is 11.7 Å². The molecule has 0 spiro atoms. The maximum atomic E-state index is 11.5. The first-order valence-corrected chi connectivity index (χ1v) is 8.12. The Balaban J connectivity index is 0.00000576. The first-order chi connectivity index (χ1) is 11.3. The standard InChI is InChI=1S/C17H29N5O2.HI/c1-13-12-19-8-6-14(13)7-9-20-15(18-5)21-10-11-22-16(23)24-17(2,3)4;/h6,8,12H,7,9-11H2,1-5H3,(H,22,23)(H2,18,20,21);1H. The highest BCUT2D eigenvalue weighted by Crippen LogP contribution is 2.06. The summed E-state index contributed by atoms with van der Waals surface area (Å²) in [6.07, 6.45) is 4.15. The molecule has 0 saturated carbocycles. The maximum absolute atomic E-state index is 11.5. The Kier molecular flexibility index (Phi) is 11.1. The summed E-state index contributed by atoms with van der Waals surface area (Å²) in [7, 11) is 1.72. The number of nitrogens with one attached hydrogen (secondary N) is 3. The second-order valence-electron chi connectivity index (χ2n) is 6.41. The Morgan fingerprint density at radius 1 is 1.20 bits per heavy atom. The van der Waals surface area contributed by atoms with Gasteiger partial charge >= 0.3 is 6.09 Å². The van der Waals surface area contributed by atoms with Crippen molar-refractivity contribution >= 4 is 36.0 Å². The van der Waals surface area contributed by atoms with Crippen molar-refractivity contribution in [3.05, 3.63) is 29.6 Å². The molecule has 142 valence electrons. The van der Waals surface area contributed by atoms with Crippen molar-refractivity contribution in [2.75, 3.05) is 26.7 Å². The van der Waals surface area contributed by atoms with E-state index in [0.717, 1.165) is 13.0 Å². The Morgan fingerprint density at radius 2 is 1.84 bits per heavy atom. The Bertz CT molecular complexity index is 558. The number of hydrogen-bond acceptors (Lipinski definition) is 4. The number of amides is 1. The van der Waals surface area contributed by atoms with E-state index in [1.165, 1.54) is 11.1 Å². The molecule has 0 atom stereocenters. The summed E-state index contributed by atoms with van der Waals surface area (Å²) in [5.41, 5.74) is 1.96. The third kappa shape index (κ3) is 10.8. The van der Waals surface area contributed by atoms with E-state index in [-0.39, 0.29) is 24.0 Å². The van der Waals surface area contributed by atoms with Crippen molar-refractivity contribution in [1.29, 1.82) is 0 Å². The number of halogens is 1. The van der Waals surface area contributed by atoms with Crippen LogP contribution >= 0.6 is 24.0 Å². The lowest BCUT2D eigenvalue weighted by atomic mass is 10.1. The second kappa shape index (κ2) is 11.9. The molecule has 1 amide bonds. The van der Waals surface area contributed by atoms with Crippen molar-refractivity contribution in [3.8, 4) is 0 Å². The second-order valence-corrected chi connectivity index (χ2v) is 6.41. The van der Waals surface area contributed by atoms with Gasteiger partial charge in [-0.2, -0.15) is 0 Å². The highest BCUT2D eigenvalue weighted by Gasteiger charge is 2.15. The predicted octanol–water partition coefficient (Wildman–Crippen LogP) is 2.24. The highest BCUT2D eigenvalue weighted by atomic mass is 127. The van der Waals surface area contributed by atoms with Crippen LogP contribution in [-0.2, 0) is 11.2 Å². The van der Waals surface area contributed by atoms with Crippen LogP contribution in [0.15, 0.2) is 23.5 Å². The lowest BCUT2D eigenvalue weighted by molar-refractivity contribution is 0.0529. The smallest absolute Gasteiger partial charge is 0.407 e. The van der Waals surface area contributed by atoms with Gasteiger partial charge in [0.2, 0.25) is 0 Å². The van der Waals surface area contributed by atoms with Crippen molar-refractivity contribution < 1.29 is 9.53 Å². The zero-order valence-corrected chi connectivity index (χ0v) is 18.0. The van der Waals surface area contributed by atoms with E-state index in [9.17, 15) is 4.79 Å². The van der Waals surface area contributed by atoms with Gasteiger partial charge in [0.1, 0.15) is 5.60 Å². The molecule has 1 rings (SSSR count). The first-order valence-electron chi connectivity index (χ1n) is 8.12. The molecular weight excluding hydrogens is 433 g/mol. The van der Waals surface area contributed by atoms with Crippen molar-refractivity contribution in [2.45, 2.75) is 39.7 Å². The van der Waals surface area contributed by atoms with Gasteiger partial charge in [0.15, 0.2) is 5.96 Å². The third-order valence-electron chi connectivity index (χ3n) is 3.13. The average molecular weight is 463 g/mol. The Morgan fingerprint density at radius 3 is 2.44 bits per heavy atom. The Labute approximate surface area is 167 Å². The minimum Gasteiger partial charge on any atom is -0.444 e. The van der Waals surface area contributed by atoms with Crippen LogP contribution in [0, 0.1) is 6.92 Å². The molecule has 1 heterocycles. The molecule has 25 heavy (non-hydrogen) atoms. The molecule has 3 N–H and O–H groups in total. The quantitative estimate of drug-likeness (QED) is 0.261. The highest BCUT2D eigenvalue weighted by molar-refractivity contribution is 14.0. The van der Waals surface area contributed by atoms with Crippen LogP contribution in [0.25, 0.3) is 0 Å². The summed E-state index contributed by atoms with van der Waals surface area (Å²) in [5.74, 6) is 0.702. The number of alkyl carbamates (subject to hydrolysis) is 1. The van der Waals surface area contributed by atoms with Gasteiger partial charge in [-0.1, -0.05) is 0 Å². The van der Waals surface area contributed by atoms with Crippen molar-refractivity contribution in [2.24, 2.45) is 4.99 Å². The van der Waals surface area contributed by atoms with Gasteiger partial charge < -0.3 is 20.7 Å². The summed E-state index contributed by atoms with van der Waals surface area (Å²) in [5, 5.41) is 9.09. The number of ether oxygens (including phenoxy) is 1. The normalized spacial score (nSPS) is 11.3. The van der Waals surface area contributed by atoms with E-state index in [2.05, 4.69) is 32.9 Å². The molecule has 1 aromatic heterocycles. The zero-order chi connectivity index (χ0) is 18.0. The number of carbonyl (C=O) groups is 1. The molecule has 0 bridgehead atoms. The van der Waals surface area contributed by atoms with Crippen LogP contribution in [0.5, 0.6) is 0 Å². The average Bonchev–Trinajstić information content (AvgIpc) is 2.49. The fourth-order valence-corrected chi connectivity index (χ4v) is 1.98. The summed E-state index contributed by atoms with van der Waals surface area (Å²) in [6.45, 7) is 9.34. The van der Waals surface area contributed by atoms with E-state index >= 15 is 0 Å². The molecule has 0 aliphatic rings. The molecule has 0 unspecified atom stereocenters. The Hall–Kier alpha value is -1.58. The molecule has 7 nitrogen and oxygen atoms in total. The van der Waals surface area contributed by atoms with Crippen LogP contribution in [0.2, 0.25) is 0 Å². The summed E-state index contributed by atoms with van der Waals surface area (Å²) in [6, 6.07) is 2.03. The van der Waals surface area contributed by atoms with Crippen molar-refractivity contribution in [3.63, 3.8) is 0 Å². The van der Waals surface area contributed by atoms with Gasteiger partial charge in [0, 0.05) is 39.1 Å². The number of aromatic nitrogens is 1. The fourth-order valence-electron chi connectivity index (χ4n) is 1.98. The summed E-state index contributed by atoms with van der Waals surface area (Å²) >= 11 is 0. The predicted molar refractivity (Wildman–Crippen MR) is 112 cm³/mol. The van der Waals surface area contributed by atoms with E-state index in [1.807, 2.05) is 33.0 Å². The third-order valence-corrected chi connectivity index (χ3v) is 3.13. The van der Waals surface area contributed by atoms with Crippen molar-refractivity contribution in [1.82, 2.24) is 20.9 Å². The number of hydrogen-bond donors (Lipinski definition) is 3. The molecule has 0 aliphatic heterocycles. The molecule has 8 heteroatoms.